The summed E-state index contributed by atoms with van der Waals surface area (Å²) in [6.07, 6.45) is 1.59. The molecule has 1 aliphatic rings. The lowest BCUT2D eigenvalue weighted by Gasteiger charge is -2.38. The first kappa shape index (κ1) is 15.8. The fourth-order valence-electron chi connectivity index (χ4n) is 3.23. The Morgan fingerprint density at radius 3 is 2.22 bits per heavy atom. The van der Waals surface area contributed by atoms with Gasteiger partial charge in [0.05, 0.1) is 0 Å². The number of rotatable bonds is 5. The Balaban J connectivity index is 1.55. The third kappa shape index (κ3) is 4.20. The second-order valence-electron chi connectivity index (χ2n) is 6.36. The molecule has 120 valence electrons. The zero-order valence-corrected chi connectivity index (χ0v) is 13.6. The Labute approximate surface area is 138 Å². The monoisotopic (exact) mass is 308 g/mol. The van der Waals surface area contributed by atoms with E-state index in [-0.39, 0.29) is 18.0 Å². The third-order valence-corrected chi connectivity index (χ3v) is 4.53. The molecule has 0 spiro atoms. The van der Waals surface area contributed by atoms with Crippen LogP contribution in [0.4, 0.5) is 0 Å². The molecule has 0 aliphatic carbocycles. The number of amides is 1. The summed E-state index contributed by atoms with van der Waals surface area (Å²) in [6, 6.07) is 21.1. The number of hydrogen-bond donors (Lipinski definition) is 1. The molecule has 2 aromatic carbocycles. The second kappa shape index (κ2) is 7.42. The zero-order valence-electron chi connectivity index (χ0n) is 13.6. The van der Waals surface area contributed by atoms with Gasteiger partial charge in [0.2, 0.25) is 5.91 Å². The number of carbonyl (C=O) groups is 1. The molecule has 23 heavy (non-hydrogen) atoms. The van der Waals surface area contributed by atoms with Crippen molar-refractivity contribution in [3.8, 4) is 0 Å². The Kier molecular flexibility index (Phi) is 5.09. The van der Waals surface area contributed by atoms with E-state index in [2.05, 4.69) is 36.5 Å². The fraction of sp³-hybridized carbons (Fsp3) is 0.350. The maximum atomic E-state index is 12.5. The van der Waals surface area contributed by atoms with Crippen LogP contribution in [0.25, 0.3) is 0 Å². The third-order valence-electron chi connectivity index (χ3n) is 4.53. The van der Waals surface area contributed by atoms with E-state index in [1.54, 1.807) is 0 Å². The highest BCUT2D eigenvalue weighted by molar-refractivity contribution is 5.78. The van der Waals surface area contributed by atoms with E-state index >= 15 is 0 Å². The minimum absolute atomic E-state index is 0.248. The van der Waals surface area contributed by atoms with Crippen LogP contribution in [-0.2, 0) is 17.9 Å². The van der Waals surface area contributed by atoms with Crippen LogP contribution >= 0.6 is 0 Å². The normalized spacial score (nSPS) is 21.4. The number of benzene rings is 2. The zero-order chi connectivity index (χ0) is 16.1. The van der Waals surface area contributed by atoms with Crippen LogP contribution in [0.1, 0.15) is 30.9 Å². The quantitative estimate of drug-likeness (QED) is 0.918. The summed E-state index contributed by atoms with van der Waals surface area (Å²) in [5.41, 5.74) is 2.46. The number of hydrogen-bond acceptors (Lipinski definition) is 2. The molecule has 1 aliphatic heterocycles. The van der Waals surface area contributed by atoms with Crippen LogP contribution in [-0.4, -0.2) is 22.9 Å². The van der Waals surface area contributed by atoms with Gasteiger partial charge in [-0.25, -0.2) is 0 Å². The Morgan fingerprint density at radius 1 is 1.00 bits per heavy atom. The predicted molar refractivity (Wildman–Crippen MR) is 92.8 cm³/mol. The molecule has 1 fully saturated rings. The van der Waals surface area contributed by atoms with Crippen LogP contribution in [0, 0.1) is 0 Å². The van der Waals surface area contributed by atoms with Crippen molar-refractivity contribution in [2.45, 2.75) is 44.9 Å². The fourth-order valence-corrected chi connectivity index (χ4v) is 3.23. The molecular formula is C20H24N2O. The van der Waals surface area contributed by atoms with E-state index in [1.165, 1.54) is 11.1 Å². The highest BCUT2D eigenvalue weighted by atomic mass is 16.2. The number of nitrogens with one attached hydrogen (secondary N) is 1. The summed E-state index contributed by atoms with van der Waals surface area (Å²) in [5, 5.41) is 3.54. The van der Waals surface area contributed by atoms with Crippen molar-refractivity contribution in [3.63, 3.8) is 0 Å². The minimum atomic E-state index is 0.248. The van der Waals surface area contributed by atoms with Crippen molar-refractivity contribution < 1.29 is 4.79 Å². The lowest BCUT2D eigenvalue weighted by molar-refractivity contribution is -0.137. The van der Waals surface area contributed by atoms with Gasteiger partial charge in [-0.2, -0.15) is 0 Å². The Bertz CT molecular complexity index is 627. The molecule has 0 bridgehead atoms. The molecule has 0 radical (unpaired) electrons. The molecule has 1 amide bonds. The van der Waals surface area contributed by atoms with Gasteiger partial charge in [-0.05, 0) is 24.5 Å². The van der Waals surface area contributed by atoms with E-state index in [9.17, 15) is 4.79 Å². The summed E-state index contributed by atoms with van der Waals surface area (Å²) in [7, 11) is 0. The molecule has 2 aromatic rings. The van der Waals surface area contributed by atoms with Gasteiger partial charge in [-0.1, -0.05) is 60.7 Å². The molecule has 3 rings (SSSR count). The lowest BCUT2D eigenvalue weighted by atomic mass is 9.96. The van der Waals surface area contributed by atoms with Crippen LogP contribution in [0.3, 0.4) is 0 Å². The molecule has 1 saturated heterocycles. The van der Waals surface area contributed by atoms with Crippen molar-refractivity contribution >= 4 is 5.91 Å². The highest BCUT2D eigenvalue weighted by Crippen LogP contribution is 2.21. The molecular weight excluding hydrogens is 284 g/mol. The number of carbonyl (C=O) groups excluding carboxylic acids is 1. The van der Waals surface area contributed by atoms with Crippen LogP contribution in [0.5, 0.6) is 0 Å². The maximum Gasteiger partial charge on any atom is 0.224 e. The Hall–Kier alpha value is -2.13. The van der Waals surface area contributed by atoms with Gasteiger partial charge in [-0.3, -0.25) is 4.79 Å². The molecule has 0 unspecified atom stereocenters. The van der Waals surface area contributed by atoms with Crippen LogP contribution in [0.15, 0.2) is 60.7 Å². The standard InChI is InChI=1S/C20H24N2O/c1-16-12-19(21-14-17-8-4-2-5-9-17)13-20(23)22(16)15-18-10-6-3-7-11-18/h2-11,16,19,21H,12-15H2,1H3/t16-,19+/m1/s1. The van der Waals surface area contributed by atoms with E-state index in [1.807, 2.05) is 41.3 Å². The van der Waals surface area contributed by atoms with Gasteiger partial charge in [0.15, 0.2) is 0 Å². The average Bonchev–Trinajstić information content (AvgIpc) is 2.58. The van der Waals surface area contributed by atoms with Crippen molar-refractivity contribution in [3.05, 3.63) is 71.8 Å². The first-order valence-corrected chi connectivity index (χ1v) is 8.33. The first-order valence-electron chi connectivity index (χ1n) is 8.33. The number of piperidine rings is 1. The van der Waals surface area contributed by atoms with Crippen molar-refractivity contribution in [1.29, 1.82) is 0 Å². The molecule has 1 N–H and O–H groups in total. The van der Waals surface area contributed by atoms with E-state index < -0.39 is 0 Å². The molecule has 1 heterocycles. The molecule has 3 nitrogen and oxygen atoms in total. The minimum Gasteiger partial charge on any atom is -0.336 e. The first-order chi connectivity index (χ1) is 11.2. The number of likely N-dealkylation sites (tertiary alicyclic amines) is 1. The van der Waals surface area contributed by atoms with E-state index in [4.69, 9.17) is 0 Å². The van der Waals surface area contributed by atoms with Gasteiger partial charge in [-0.15, -0.1) is 0 Å². The second-order valence-corrected chi connectivity index (χ2v) is 6.36. The summed E-state index contributed by atoms with van der Waals surface area (Å²) in [4.78, 5) is 14.5. The molecule has 3 heteroatoms. The van der Waals surface area contributed by atoms with Gasteiger partial charge >= 0.3 is 0 Å². The largest absolute Gasteiger partial charge is 0.336 e. The van der Waals surface area contributed by atoms with Gasteiger partial charge < -0.3 is 10.2 Å². The van der Waals surface area contributed by atoms with Crippen LogP contribution < -0.4 is 5.32 Å². The van der Waals surface area contributed by atoms with E-state index in [0.717, 1.165) is 13.0 Å². The van der Waals surface area contributed by atoms with Crippen molar-refractivity contribution in [1.82, 2.24) is 10.2 Å². The topological polar surface area (TPSA) is 32.3 Å². The summed E-state index contributed by atoms with van der Waals surface area (Å²) in [5.74, 6) is 0.248. The average molecular weight is 308 g/mol. The summed E-state index contributed by atoms with van der Waals surface area (Å²) < 4.78 is 0. The molecule has 0 saturated carbocycles. The summed E-state index contributed by atoms with van der Waals surface area (Å²) in [6.45, 7) is 3.69. The van der Waals surface area contributed by atoms with Crippen LogP contribution in [0.2, 0.25) is 0 Å². The Morgan fingerprint density at radius 2 is 1.61 bits per heavy atom. The molecule has 0 aromatic heterocycles. The molecule has 2 atom stereocenters. The van der Waals surface area contributed by atoms with Crippen molar-refractivity contribution in [2.24, 2.45) is 0 Å². The van der Waals surface area contributed by atoms with Gasteiger partial charge in [0, 0.05) is 31.6 Å². The van der Waals surface area contributed by atoms with Gasteiger partial charge in [0.1, 0.15) is 0 Å². The lowest BCUT2D eigenvalue weighted by Crippen LogP contribution is -2.50. The maximum absolute atomic E-state index is 12.5. The summed E-state index contributed by atoms with van der Waals surface area (Å²) >= 11 is 0. The smallest absolute Gasteiger partial charge is 0.224 e. The van der Waals surface area contributed by atoms with E-state index in [0.29, 0.717) is 13.0 Å². The number of nitrogens with zero attached hydrogens (tertiary/aromatic N) is 1. The SMILES string of the molecule is C[C@@H]1C[C@H](NCc2ccccc2)CC(=O)N1Cc1ccccc1. The van der Waals surface area contributed by atoms with Crippen molar-refractivity contribution in [2.75, 3.05) is 0 Å². The predicted octanol–water partition coefficient (Wildman–Crippen LogP) is 3.36. The van der Waals surface area contributed by atoms with Gasteiger partial charge in [0.25, 0.3) is 0 Å². The highest BCUT2D eigenvalue weighted by Gasteiger charge is 2.30.